The molecule has 2 heterocycles. The molecule has 7 nitrogen and oxygen atoms in total. The SMILES string of the molecule is NS(=O)(=O)c1cccc(NC(=O)c2cc3c(nc2N2CCCC(F)(F)CC2)CCCCC3)c1. The molecular formula is C23H28F2N4O3S. The van der Waals surface area contributed by atoms with Gasteiger partial charge in [0.25, 0.3) is 5.91 Å². The van der Waals surface area contributed by atoms with Gasteiger partial charge in [0.15, 0.2) is 0 Å². The van der Waals surface area contributed by atoms with E-state index in [2.05, 4.69) is 5.32 Å². The number of anilines is 2. The van der Waals surface area contributed by atoms with Crippen molar-refractivity contribution < 1.29 is 22.0 Å². The molecule has 178 valence electrons. The fourth-order valence-corrected chi connectivity index (χ4v) is 4.99. The zero-order chi connectivity index (χ0) is 23.6. The molecule has 0 unspecified atom stereocenters. The second-order valence-corrected chi connectivity index (χ2v) is 10.3. The predicted octanol–water partition coefficient (Wildman–Crippen LogP) is 3.88. The van der Waals surface area contributed by atoms with Crippen LogP contribution in [-0.4, -0.2) is 38.3 Å². The molecule has 0 bridgehead atoms. The summed E-state index contributed by atoms with van der Waals surface area (Å²) in [5, 5.41) is 7.93. The van der Waals surface area contributed by atoms with Gasteiger partial charge < -0.3 is 10.2 Å². The van der Waals surface area contributed by atoms with Crippen molar-refractivity contribution in [2.75, 3.05) is 23.3 Å². The number of rotatable bonds is 4. The Kier molecular flexibility index (Phi) is 6.67. The van der Waals surface area contributed by atoms with Gasteiger partial charge in [0.1, 0.15) is 5.82 Å². The van der Waals surface area contributed by atoms with Crippen LogP contribution in [0.15, 0.2) is 35.2 Å². The van der Waals surface area contributed by atoms with E-state index in [-0.39, 0.29) is 30.0 Å². The summed E-state index contributed by atoms with van der Waals surface area (Å²) in [6.07, 6.45) is 4.52. The minimum absolute atomic E-state index is 0.111. The third-order valence-electron chi connectivity index (χ3n) is 6.21. The Morgan fingerprint density at radius 2 is 1.85 bits per heavy atom. The molecule has 3 N–H and O–H groups in total. The number of primary sulfonamides is 1. The third-order valence-corrected chi connectivity index (χ3v) is 7.12. The Bertz CT molecular complexity index is 1150. The van der Waals surface area contributed by atoms with Crippen molar-refractivity contribution in [2.45, 2.75) is 62.2 Å². The second kappa shape index (κ2) is 9.34. The number of fused-ring (bicyclic) bond motifs is 1. The Morgan fingerprint density at radius 3 is 2.64 bits per heavy atom. The number of sulfonamides is 1. The lowest BCUT2D eigenvalue weighted by atomic mass is 10.0. The Balaban J connectivity index is 1.70. The summed E-state index contributed by atoms with van der Waals surface area (Å²) in [5.41, 5.74) is 2.50. The summed E-state index contributed by atoms with van der Waals surface area (Å²) >= 11 is 0. The Hall–Kier alpha value is -2.59. The van der Waals surface area contributed by atoms with E-state index in [0.29, 0.717) is 24.3 Å². The molecule has 1 aromatic heterocycles. The number of aryl methyl sites for hydroxylation is 2. The van der Waals surface area contributed by atoms with Crippen molar-refractivity contribution in [1.82, 2.24) is 4.98 Å². The normalized spacial score (nSPS) is 18.7. The maximum absolute atomic E-state index is 14.0. The first-order valence-corrected chi connectivity index (χ1v) is 12.8. The molecule has 10 heteroatoms. The highest BCUT2D eigenvalue weighted by Gasteiger charge is 2.33. The van der Waals surface area contributed by atoms with E-state index in [1.807, 2.05) is 6.07 Å². The number of carbonyl (C=O) groups excluding carboxylic acids is 1. The summed E-state index contributed by atoms with van der Waals surface area (Å²) < 4.78 is 51.3. The monoisotopic (exact) mass is 478 g/mol. The number of nitrogens with two attached hydrogens (primary N) is 1. The van der Waals surface area contributed by atoms with Crippen molar-refractivity contribution in [3.63, 3.8) is 0 Å². The molecule has 4 rings (SSSR count). The van der Waals surface area contributed by atoms with Gasteiger partial charge >= 0.3 is 0 Å². The summed E-state index contributed by atoms with van der Waals surface area (Å²) in [4.78, 5) is 19.8. The van der Waals surface area contributed by atoms with E-state index in [4.69, 9.17) is 10.1 Å². The smallest absolute Gasteiger partial charge is 0.259 e. The largest absolute Gasteiger partial charge is 0.356 e. The van der Waals surface area contributed by atoms with Gasteiger partial charge in [-0.05, 0) is 61.9 Å². The minimum atomic E-state index is -3.93. The number of pyridine rings is 1. The van der Waals surface area contributed by atoms with Crippen molar-refractivity contribution in [2.24, 2.45) is 5.14 Å². The predicted molar refractivity (Wildman–Crippen MR) is 122 cm³/mol. The zero-order valence-corrected chi connectivity index (χ0v) is 19.1. The third kappa shape index (κ3) is 5.67. The Morgan fingerprint density at radius 1 is 1.06 bits per heavy atom. The first kappa shape index (κ1) is 23.6. The van der Waals surface area contributed by atoms with Crippen LogP contribution in [0.4, 0.5) is 20.3 Å². The van der Waals surface area contributed by atoms with E-state index in [0.717, 1.165) is 43.4 Å². The maximum atomic E-state index is 14.0. The van der Waals surface area contributed by atoms with Crippen LogP contribution in [0.2, 0.25) is 0 Å². The molecular weight excluding hydrogens is 450 g/mol. The number of halogens is 2. The minimum Gasteiger partial charge on any atom is -0.356 e. The molecule has 1 amide bonds. The van der Waals surface area contributed by atoms with E-state index >= 15 is 0 Å². The standard InChI is InChI=1S/C23H28F2N4O3S/c24-23(25)10-5-12-29(13-11-23)21-19(14-16-6-2-1-3-9-20(16)28-21)22(30)27-17-7-4-8-18(15-17)33(26,31)32/h4,7-8,14-15H,1-3,5-6,9-13H2,(H,27,30)(H2,26,31,32). The second-order valence-electron chi connectivity index (χ2n) is 8.75. The lowest BCUT2D eigenvalue weighted by molar-refractivity contribution is -0.0102. The van der Waals surface area contributed by atoms with Crippen LogP contribution in [0.5, 0.6) is 0 Å². The Labute approximate surface area is 192 Å². The number of alkyl halides is 2. The van der Waals surface area contributed by atoms with Gasteiger partial charge in [-0.3, -0.25) is 4.79 Å². The van der Waals surface area contributed by atoms with Crippen molar-refractivity contribution in [3.05, 3.63) is 47.2 Å². The topological polar surface area (TPSA) is 105 Å². The first-order valence-electron chi connectivity index (χ1n) is 11.2. The van der Waals surface area contributed by atoms with E-state index in [1.165, 1.54) is 18.2 Å². The van der Waals surface area contributed by atoms with Gasteiger partial charge in [-0.2, -0.15) is 0 Å². The lowest BCUT2D eigenvalue weighted by Crippen LogP contribution is -2.30. The van der Waals surface area contributed by atoms with Crippen LogP contribution in [0.1, 0.15) is 60.1 Å². The van der Waals surface area contributed by atoms with Gasteiger partial charge in [0.2, 0.25) is 15.9 Å². The average Bonchev–Trinajstić information content (AvgIpc) is 3.09. The number of benzene rings is 1. The van der Waals surface area contributed by atoms with Gasteiger partial charge in [0.05, 0.1) is 10.5 Å². The molecule has 2 aromatic rings. The van der Waals surface area contributed by atoms with Crippen LogP contribution >= 0.6 is 0 Å². The summed E-state index contributed by atoms with van der Waals surface area (Å²) in [6, 6.07) is 7.51. The molecule has 1 aliphatic heterocycles. The van der Waals surface area contributed by atoms with E-state index in [1.54, 1.807) is 11.0 Å². The van der Waals surface area contributed by atoms with Crippen molar-refractivity contribution >= 4 is 27.4 Å². The number of hydrogen-bond acceptors (Lipinski definition) is 5. The molecule has 0 saturated carbocycles. The number of nitrogens with zero attached hydrogens (tertiary/aromatic N) is 2. The van der Waals surface area contributed by atoms with Gasteiger partial charge in [-0.25, -0.2) is 27.3 Å². The number of aromatic nitrogens is 1. The van der Waals surface area contributed by atoms with Gasteiger partial charge in [-0.1, -0.05) is 12.5 Å². The van der Waals surface area contributed by atoms with Crippen LogP contribution in [0, 0.1) is 0 Å². The van der Waals surface area contributed by atoms with Gasteiger partial charge in [0, 0.05) is 37.3 Å². The highest BCUT2D eigenvalue weighted by molar-refractivity contribution is 7.89. The molecule has 0 spiro atoms. The summed E-state index contributed by atoms with van der Waals surface area (Å²) in [5.74, 6) is -2.78. The first-order chi connectivity index (χ1) is 15.6. The maximum Gasteiger partial charge on any atom is 0.259 e. The summed E-state index contributed by atoms with van der Waals surface area (Å²) in [6.45, 7) is 0.503. The van der Waals surface area contributed by atoms with Crippen molar-refractivity contribution in [1.29, 1.82) is 0 Å². The van der Waals surface area contributed by atoms with Crippen LogP contribution < -0.4 is 15.4 Å². The fourth-order valence-electron chi connectivity index (χ4n) is 4.43. The average molecular weight is 479 g/mol. The fraction of sp³-hybridized carbons (Fsp3) is 0.478. The summed E-state index contributed by atoms with van der Waals surface area (Å²) in [7, 11) is -3.93. The van der Waals surface area contributed by atoms with Gasteiger partial charge in [-0.15, -0.1) is 0 Å². The van der Waals surface area contributed by atoms with E-state index < -0.39 is 21.9 Å². The lowest BCUT2D eigenvalue weighted by Gasteiger charge is -2.25. The molecule has 0 atom stereocenters. The van der Waals surface area contributed by atoms with Crippen LogP contribution in [0.3, 0.4) is 0 Å². The molecule has 0 radical (unpaired) electrons. The molecule has 33 heavy (non-hydrogen) atoms. The zero-order valence-electron chi connectivity index (χ0n) is 18.3. The molecule has 1 aromatic carbocycles. The highest BCUT2D eigenvalue weighted by atomic mass is 32.2. The number of amides is 1. The van der Waals surface area contributed by atoms with Crippen LogP contribution in [-0.2, 0) is 22.9 Å². The molecule has 1 saturated heterocycles. The number of hydrogen-bond donors (Lipinski definition) is 2. The molecule has 1 fully saturated rings. The molecule has 2 aliphatic rings. The molecule has 1 aliphatic carbocycles. The quantitative estimate of drug-likeness (QED) is 0.649. The van der Waals surface area contributed by atoms with E-state index in [9.17, 15) is 22.0 Å². The number of nitrogens with one attached hydrogen (secondary N) is 1. The van der Waals surface area contributed by atoms with Crippen LogP contribution in [0.25, 0.3) is 0 Å². The van der Waals surface area contributed by atoms with Crippen molar-refractivity contribution in [3.8, 4) is 0 Å². The number of carbonyl (C=O) groups is 1. The highest BCUT2D eigenvalue weighted by Crippen LogP contribution is 2.33.